The summed E-state index contributed by atoms with van der Waals surface area (Å²) >= 11 is 0. The maximum absolute atomic E-state index is 6.85. The normalized spacial score (nSPS) is 16.3. The minimum atomic E-state index is -0.653. The van der Waals surface area contributed by atoms with E-state index < -0.39 is 5.41 Å². The Kier molecular flexibility index (Phi) is 9.71. The van der Waals surface area contributed by atoms with Gasteiger partial charge in [-0.2, -0.15) is 0 Å². The molecule has 8 aromatic rings. The van der Waals surface area contributed by atoms with Crippen molar-refractivity contribution >= 4 is 5.70 Å². The van der Waals surface area contributed by atoms with E-state index >= 15 is 0 Å². The molecule has 2 heterocycles. The fourth-order valence-corrected chi connectivity index (χ4v) is 9.82. The van der Waals surface area contributed by atoms with Gasteiger partial charge in [0.1, 0.15) is 17.3 Å². The van der Waals surface area contributed by atoms with Crippen molar-refractivity contribution < 1.29 is 4.74 Å². The molecule has 0 radical (unpaired) electrons. The number of nitrogens with zero attached hydrogens (tertiary/aromatic N) is 3. The zero-order valence-corrected chi connectivity index (χ0v) is 34.9. The van der Waals surface area contributed by atoms with Crippen LogP contribution in [0, 0.1) is 0 Å². The average molecular weight is 816 g/mol. The van der Waals surface area contributed by atoms with Gasteiger partial charge in [-0.3, -0.25) is 0 Å². The van der Waals surface area contributed by atoms with Gasteiger partial charge >= 0.3 is 0 Å². The van der Waals surface area contributed by atoms with Crippen LogP contribution in [0.1, 0.15) is 76.1 Å². The lowest BCUT2D eigenvalue weighted by Crippen LogP contribution is -2.32. The van der Waals surface area contributed by atoms with Gasteiger partial charge in [-0.1, -0.05) is 182 Å². The zero-order valence-electron chi connectivity index (χ0n) is 34.9. The second-order valence-corrected chi connectivity index (χ2v) is 16.5. The number of fused-ring (bicyclic) bond motifs is 9. The van der Waals surface area contributed by atoms with Crippen LogP contribution >= 0.6 is 0 Å². The lowest BCUT2D eigenvalue weighted by atomic mass is 9.66. The number of benzene rings is 7. The Bertz CT molecular complexity index is 3040. The second kappa shape index (κ2) is 16.0. The van der Waals surface area contributed by atoms with Crippen LogP contribution in [0.5, 0.6) is 11.5 Å². The van der Waals surface area contributed by atoms with Gasteiger partial charge in [0.25, 0.3) is 0 Å². The van der Waals surface area contributed by atoms with E-state index in [4.69, 9.17) is 25.4 Å². The molecule has 11 rings (SSSR count). The second-order valence-electron chi connectivity index (χ2n) is 16.5. The highest BCUT2D eigenvalue weighted by Gasteiger charge is 2.52. The van der Waals surface area contributed by atoms with Crippen LogP contribution in [0.25, 0.3) is 39.6 Å². The minimum absolute atomic E-state index is 0.0499. The molecule has 7 aromatic carbocycles. The van der Waals surface area contributed by atoms with E-state index in [1.165, 1.54) is 22.3 Å². The molecular weight excluding hydrogens is 771 g/mol. The topological polar surface area (TPSA) is 86.0 Å². The van der Waals surface area contributed by atoms with E-state index in [-0.39, 0.29) is 18.0 Å². The summed E-state index contributed by atoms with van der Waals surface area (Å²) in [6, 6.07) is 61.2. The number of hydrogen-bond acceptors (Lipinski definition) is 6. The summed E-state index contributed by atoms with van der Waals surface area (Å²) in [6.45, 7) is 2.26. The number of hydrogen-bond donors (Lipinski definition) is 2. The van der Waals surface area contributed by atoms with Crippen LogP contribution in [-0.2, 0) is 5.41 Å². The molecule has 0 saturated carbocycles. The Hall–Kier alpha value is -7.67. The van der Waals surface area contributed by atoms with Crippen LogP contribution in [-0.4, -0.2) is 15.0 Å². The van der Waals surface area contributed by atoms with Crippen molar-refractivity contribution in [3.8, 4) is 45.4 Å². The van der Waals surface area contributed by atoms with Gasteiger partial charge in [-0.05, 0) is 76.6 Å². The van der Waals surface area contributed by atoms with Crippen LogP contribution in [0.2, 0.25) is 0 Å². The van der Waals surface area contributed by atoms with Crippen molar-refractivity contribution in [3.05, 3.63) is 251 Å². The monoisotopic (exact) mass is 815 g/mol. The van der Waals surface area contributed by atoms with Gasteiger partial charge in [0.05, 0.1) is 11.5 Å². The highest BCUT2D eigenvalue weighted by atomic mass is 16.5. The van der Waals surface area contributed by atoms with Crippen LogP contribution in [0.4, 0.5) is 0 Å². The van der Waals surface area contributed by atoms with Crippen molar-refractivity contribution in [2.75, 3.05) is 0 Å². The van der Waals surface area contributed by atoms with E-state index in [0.29, 0.717) is 11.6 Å². The Balaban J connectivity index is 1.12. The molecule has 3 aliphatic rings. The fraction of sp³-hybridized carbons (Fsp3) is 0.105. The Morgan fingerprint density at radius 3 is 1.98 bits per heavy atom. The van der Waals surface area contributed by atoms with E-state index in [9.17, 15) is 0 Å². The Labute approximate surface area is 368 Å². The van der Waals surface area contributed by atoms with Crippen LogP contribution < -0.4 is 15.8 Å². The van der Waals surface area contributed by atoms with Gasteiger partial charge in [-0.25, -0.2) is 15.0 Å². The third-order valence-corrected chi connectivity index (χ3v) is 12.8. The SMILES string of the molecule is CC(NC(/C=C(\N)c1ccccc1)c1ccccc1)c1cccc2c1-c1cc(-c3nc(-c4ccccc4)nc(C4C=CC=CC4)n3)ccc1C21c2ccccc2Oc2ccccc21. The van der Waals surface area contributed by atoms with Crippen molar-refractivity contribution in [2.45, 2.75) is 36.8 Å². The lowest BCUT2D eigenvalue weighted by Gasteiger charge is -2.39. The van der Waals surface area contributed by atoms with Crippen molar-refractivity contribution in [3.63, 3.8) is 0 Å². The number of aromatic nitrogens is 3. The van der Waals surface area contributed by atoms with Crippen LogP contribution in [0.3, 0.4) is 0 Å². The minimum Gasteiger partial charge on any atom is -0.457 e. The fourth-order valence-electron chi connectivity index (χ4n) is 9.82. The van der Waals surface area contributed by atoms with Crippen molar-refractivity contribution in [1.82, 2.24) is 20.3 Å². The molecule has 0 saturated heterocycles. The summed E-state index contributed by atoms with van der Waals surface area (Å²) in [5, 5.41) is 4.03. The number of ether oxygens (including phenoxy) is 1. The summed E-state index contributed by atoms with van der Waals surface area (Å²) in [6.07, 6.45) is 11.5. The summed E-state index contributed by atoms with van der Waals surface area (Å²) < 4.78 is 6.70. The van der Waals surface area contributed by atoms with Gasteiger partial charge in [-0.15, -0.1) is 0 Å². The number of rotatable bonds is 9. The predicted octanol–water partition coefficient (Wildman–Crippen LogP) is 12.7. The van der Waals surface area contributed by atoms with Gasteiger partial charge in [0.2, 0.25) is 0 Å². The Morgan fingerprint density at radius 1 is 0.651 bits per heavy atom. The maximum Gasteiger partial charge on any atom is 0.163 e. The highest BCUT2D eigenvalue weighted by Crippen LogP contribution is 2.63. The third-order valence-electron chi connectivity index (χ3n) is 12.8. The summed E-state index contributed by atoms with van der Waals surface area (Å²) in [5.74, 6) is 3.83. The first kappa shape index (κ1) is 38.3. The molecule has 63 heavy (non-hydrogen) atoms. The van der Waals surface area contributed by atoms with E-state index in [0.717, 1.165) is 68.4 Å². The van der Waals surface area contributed by atoms with Crippen molar-refractivity contribution in [1.29, 1.82) is 0 Å². The molecule has 1 spiro atoms. The molecule has 0 fully saturated rings. The number of para-hydroxylation sites is 2. The summed E-state index contributed by atoms with van der Waals surface area (Å²) in [7, 11) is 0. The smallest absolute Gasteiger partial charge is 0.163 e. The van der Waals surface area contributed by atoms with E-state index in [2.05, 4.69) is 182 Å². The molecule has 6 nitrogen and oxygen atoms in total. The first-order valence-electron chi connectivity index (χ1n) is 21.7. The van der Waals surface area contributed by atoms with Crippen LogP contribution in [0.15, 0.2) is 206 Å². The zero-order chi connectivity index (χ0) is 42.3. The molecule has 3 atom stereocenters. The molecule has 3 unspecified atom stereocenters. The summed E-state index contributed by atoms with van der Waals surface area (Å²) in [5.41, 5.74) is 19.0. The standard InChI is InChI=1S/C57H45N5O/c1-37(59-50(39-21-8-3-9-22-39)36-49(58)38-19-6-2-7-20-38)43-27-18-30-48-53(43)44-35-42(56-61-54(40-23-10-4-11-24-40)60-55(62-56)41-25-12-5-13-26-41)33-34-45(44)57(48)46-28-14-16-31-51(46)63-52-32-17-15-29-47(52)57/h2-25,27-37,41,50,59H,26,58H2,1H3/b49-36-. The molecule has 1 aromatic heterocycles. The first-order chi connectivity index (χ1) is 31.1. The molecule has 304 valence electrons. The van der Waals surface area contributed by atoms with Gasteiger partial charge in [0.15, 0.2) is 11.6 Å². The number of allylic oxidation sites excluding steroid dienone is 4. The highest BCUT2D eigenvalue weighted by molar-refractivity contribution is 5.92. The van der Waals surface area contributed by atoms with Gasteiger partial charge in [0, 0.05) is 39.9 Å². The van der Waals surface area contributed by atoms with Crippen molar-refractivity contribution in [2.24, 2.45) is 5.73 Å². The average Bonchev–Trinajstić information content (AvgIpc) is 3.64. The largest absolute Gasteiger partial charge is 0.457 e. The molecular formula is C57H45N5O. The Morgan fingerprint density at radius 2 is 1.29 bits per heavy atom. The van der Waals surface area contributed by atoms with Gasteiger partial charge < -0.3 is 15.8 Å². The number of nitrogens with one attached hydrogen (secondary N) is 1. The van der Waals surface area contributed by atoms with E-state index in [1.54, 1.807) is 0 Å². The number of nitrogens with two attached hydrogens (primary N) is 1. The maximum atomic E-state index is 6.85. The lowest BCUT2D eigenvalue weighted by molar-refractivity contribution is 0.436. The first-order valence-corrected chi connectivity index (χ1v) is 21.7. The predicted molar refractivity (Wildman–Crippen MR) is 253 cm³/mol. The molecule has 3 N–H and O–H groups in total. The quantitative estimate of drug-likeness (QED) is 0.151. The molecule has 0 amide bonds. The molecule has 2 aliphatic carbocycles. The van der Waals surface area contributed by atoms with E-state index in [1.807, 2.05) is 36.4 Å². The molecule has 0 bridgehead atoms. The molecule has 6 heteroatoms. The summed E-state index contributed by atoms with van der Waals surface area (Å²) in [4.78, 5) is 15.5. The molecule has 1 aliphatic heterocycles. The third kappa shape index (κ3) is 6.67.